The highest BCUT2D eigenvalue weighted by Crippen LogP contribution is 2.29. The standard InChI is InChI=1S/C29H19ClN4O2/c30-19-14-15-22(21(16-19)28(36)18-8-2-1-3-9-18)31-26(35)17-34-25-13-7-4-10-20(25)27-29(34)33-24-12-6-5-11-23(24)32-27/h1-16H,17H2,(H,31,35). The van der Waals surface area contributed by atoms with E-state index in [1.165, 1.54) is 0 Å². The molecule has 0 saturated heterocycles. The predicted molar refractivity (Wildman–Crippen MR) is 142 cm³/mol. The molecule has 0 atom stereocenters. The number of halogens is 1. The third kappa shape index (κ3) is 3.87. The molecule has 0 aliphatic heterocycles. The highest BCUT2D eigenvalue weighted by atomic mass is 35.5. The number of benzene rings is 4. The van der Waals surface area contributed by atoms with Crippen LogP contribution in [0.2, 0.25) is 5.02 Å². The summed E-state index contributed by atoms with van der Waals surface area (Å²) in [7, 11) is 0. The van der Waals surface area contributed by atoms with E-state index in [2.05, 4.69) is 5.32 Å². The number of nitrogens with zero attached hydrogens (tertiary/aromatic N) is 3. The molecule has 0 saturated carbocycles. The van der Waals surface area contributed by atoms with Gasteiger partial charge in [0.05, 0.1) is 22.2 Å². The number of anilines is 1. The summed E-state index contributed by atoms with van der Waals surface area (Å²) in [6.45, 7) is -0.00136. The summed E-state index contributed by atoms with van der Waals surface area (Å²) in [5, 5.41) is 4.24. The van der Waals surface area contributed by atoms with Crippen LogP contribution in [0, 0.1) is 0 Å². The van der Waals surface area contributed by atoms with E-state index in [9.17, 15) is 9.59 Å². The summed E-state index contributed by atoms with van der Waals surface area (Å²) in [4.78, 5) is 36.1. The van der Waals surface area contributed by atoms with Crippen molar-refractivity contribution in [3.8, 4) is 0 Å². The number of carbonyl (C=O) groups excluding carboxylic acids is 2. The quantitative estimate of drug-likeness (QED) is 0.289. The van der Waals surface area contributed by atoms with Crippen molar-refractivity contribution in [1.29, 1.82) is 0 Å². The van der Waals surface area contributed by atoms with Crippen LogP contribution in [0.15, 0.2) is 97.1 Å². The van der Waals surface area contributed by atoms with E-state index < -0.39 is 0 Å². The lowest BCUT2D eigenvalue weighted by Gasteiger charge is -2.12. The summed E-state index contributed by atoms with van der Waals surface area (Å²) < 4.78 is 1.86. The Hall–Kier alpha value is -4.55. The fourth-order valence-corrected chi connectivity index (χ4v) is 4.61. The number of fused-ring (bicyclic) bond motifs is 4. The molecule has 4 aromatic carbocycles. The van der Waals surface area contributed by atoms with Gasteiger partial charge in [-0.3, -0.25) is 9.59 Å². The lowest BCUT2D eigenvalue weighted by atomic mass is 10.0. The minimum absolute atomic E-state index is 0.00136. The molecule has 0 spiro atoms. The van der Waals surface area contributed by atoms with E-state index in [4.69, 9.17) is 21.6 Å². The minimum Gasteiger partial charge on any atom is -0.324 e. The Balaban J connectivity index is 1.39. The van der Waals surface area contributed by atoms with E-state index in [-0.39, 0.29) is 18.2 Å². The van der Waals surface area contributed by atoms with Crippen LogP contribution in [0.5, 0.6) is 0 Å². The molecule has 0 radical (unpaired) electrons. The molecule has 1 amide bonds. The lowest BCUT2D eigenvalue weighted by Crippen LogP contribution is -2.20. The Morgan fingerprint density at radius 3 is 2.31 bits per heavy atom. The first-order chi connectivity index (χ1) is 17.6. The second-order valence-corrected chi connectivity index (χ2v) is 8.86. The predicted octanol–water partition coefficient (Wildman–Crippen LogP) is 6.26. The van der Waals surface area contributed by atoms with Crippen molar-refractivity contribution in [1.82, 2.24) is 14.5 Å². The fraction of sp³-hybridized carbons (Fsp3) is 0.0345. The van der Waals surface area contributed by atoms with Gasteiger partial charge in [-0.05, 0) is 36.4 Å². The summed E-state index contributed by atoms with van der Waals surface area (Å²) in [5.41, 5.74) is 5.01. The maximum atomic E-state index is 13.3. The van der Waals surface area contributed by atoms with Gasteiger partial charge in [-0.1, -0.05) is 72.3 Å². The first-order valence-corrected chi connectivity index (χ1v) is 11.8. The van der Waals surface area contributed by atoms with Crippen LogP contribution in [-0.2, 0) is 11.3 Å². The van der Waals surface area contributed by atoms with Crippen molar-refractivity contribution in [3.05, 3.63) is 113 Å². The van der Waals surface area contributed by atoms with Crippen molar-refractivity contribution < 1.29 is 9.59 Å². The van der Waals surface area contributed by atoms with E-state index >= 15 is 0 Å². The molecule has 0 aliphatic carbocycles. The molecule has 0 bridgehead atoms. The lowest BCUT2D eigenvalue weighted by molar-refractivity contribution is -0.116. The number of ketones is 1. The number of rotatable bonds is 5. The highest BCUT2D eigenvalue weighted by Gasteiger charge is 2.19. The Morgan fingerprint density at radius 2 is 1.50 bits per heavy atom. The average molecular weight is 491 g/mol. The number of hydrogen-bond donors (Lipinski definition) is 1. The molecule has 0 fully saturated rings. The molecule has 6 aromatic rings. The molecular weight excluding hydrogens is 472 g/mol. The molecule has 0 unspecified atom stereocenters. The topological polar surface area (TPSA) is 76.9 Å². The van der Waals surface area contributed by atoms with E-state index in [0.717, 1.165) is 27.5 Å². The second kappa shape index (κ2) is 8.91. The number of nitrogens with one attached hydrogen (secondary N) is 1. The maximum Gasteiger partial charge on any atom is 0.244 e. The van der Waals surface area contributed by atoms with Crippen molar-refractivity contribution in [2.45, 2.75) is 6.54 Å². The van der Waals surface area contributed by atoms with Crippen LogP contribution >= 0.6 is 11.6 Å². The van der Waals surface area contributed by atoms with Crippen LogP contribution in [-0.4, -0.2) is 26.2 Å². The number of para-hydroxylation sites is 3. The Bertz CT molecular complexity index is 1790. The first kappa shape index (κ1) is 21.9. The fourth-order valence-electron chi connectivity index (χ4n) is 4.43. The van der Waals surface area contributed by atoms with Crippen LogP contribution in [0.3, 0.4) is 0 Å². The zero-order valence-electron chi connectivity index (χ0n) is 19.0. The number of hydrogen-bond acceptors (Lipinski definition) is 4. The third-order valence-electron chi connectivity index (χ3n) is 6.10. The molecule has 174 valence electrons. The summed E-state index contributed by atoms with van der Waals surface area (Å²) in [6.07, 6.45) is 0. The zero-order chi connectivity index (χ0) is 24.6. The maximum absolute atomic E-state index is 13.3. The van der Waals surface area contributed by atoms with Crippen LogP contribution in [0.4, 0.5) is 5.69 Å². The average Bonchev–Trinajstić information content (AvgIpc) is 3.21. The van der Waals surface area contributed by atoms with Crippen LogP contribution in [0.1, 0.15) is 15.9 Å². The van der Waals surface area contributed by atoms with Crippen LogP contribution < -0.4 is 5.32 Å². The van der Waals surface area contributed by atoms with Crippen molar-refractivity contribution in [3.63, 3.8) is 0 Å². The van der Waals surface area contributed by atoms with Gasteiger partial charge < -0.3 is 9.88 Å². The normalized spacial score (nSPS) is 11.2. The summed E-state index contributed by atoms with van der Waals surface area (Å²) in [6, 6.07) is 29.2. The zero-order valence-corrected chi connectivity index (χ0v) is 19.7. The smallest absolute Gasteiger partial charge is 0.244 e. The van der Waals surface area contributed by atoms with Gasteiger partial charge in [0.25, 0.3) is 0 Å². The molecule has 36 heavy (non-hydrogen) atoms. The van der Waals surface area contributed by atoms with Gasteiger partial charge in [-0.2, -0.15) is 0 Å². The molecule has 6 rings (SSSR count). The Morgan fingerprint density at radius 1 is 0.806 bits per heavy atom. The molecule has 1 N–H and O–H groups in total. The van der Waals surface area contributed by atoms with Gasteiger partial charge in [0, 0.05) is 21.5 Å². The van der Waals surface area contributed by atoms with Gasteiger partial charge in [0.1, 0.15) is 12.1 Å². The van der Waals surface area contributed by atoms with E-state index in [0.29, 0.717) is 27.5 Å². The molecular formula is C29H19ClN4O2. The van der Waals surface area contributed by atoms with Crippen LogP contribution in [0.25, 0.3) is 33.1 Å². The summed E-state index contributed by atoms with van der Waals surface area (Å²) >= 11 is 6.19. The molecule has 6 nitrogen and oxygen atoms in total. The van der Waals surface area contributed by atoms with Crippen molar-refractivity contribution in [2.24, 2.45) is 0 Å². The molecule has 7 heteroatoms. The Kier molecular flexibility index (Phi) is 5.43. The van der Waals surface area contributed by atoms with Gasteiger partial charge >= 0.3 is 0 Å². The first-order valence-electron chi connectivity index (χ1n) is 11.4. The number of amides is 1. The number of aromatic nitrogens is 3. The van der Waals surface area contributed by atoms with Gasteiger partial charge in [-0.25, -0.2) is 9.97 Å². The van der Waals surface area contributed by atoms with Gasteiger partial charge in [0.2, 0.25) is 5.91 Å². The molecule has 2 heterocycles. The summed E-state index contributed by atoms with van der Waals surface area (Å²) in [5.74, 6) is -0.514. The largest absolute Gasteiger partial charge is 0.324 e. The van der Waals surface area contributed by atoms with Crippen molar-refractivity contribution in [2.75, 3.05) is 5.32 Å². The second-order valence-electron chi connectivity index (χ2n) is 8.42. The van der Waals surface area contributed by atoms with Crippen molar-refractivity contribution >= 4 is 62.1 Å². The third-order valence-corrected chi connectivity index (χ3v) is 6.33. The minimum atomic E-state index is -0.294. The molecule has 2 aromatic heterocycles. The van der Waals surface area contributed by atoms with Gasteiger partial charge in [-0.15, -0.1) is 0 Å². The van der Waals surface area contributed by atoms with E-state index in [1.54, 1.807) is 42.5 Å². The van der Waals surface area contributed by atoms with E-state index in [1.807, 2.05) is 59.2 Å². The SMILES string of the molecule is O=C(Cn1c2ccccc2c2nc3ccccc3nc21)Nc1ccc(Cl)cc1C(=O)c1ccccc1. The van der Waals surface area contributed by atoms with Gasteiger partial charge in [0.15, 0.2) is 11.4 Å². The molecule has 0 aliphatic rings. The highest BCUT2D eigenvalue weighted by molar-refractivity contribution is 6.31. The monoisotopic (exact) mass is 490 g/mol. The Labute approximate surface area is 211 Å². The number of carbonyl (C=O) groups is 2.